The van der Waals surface area contributed by atoms with E-state index in [0.717, 1.165) is 56.4 Å². The van der Waals surface area contributed by atoms with Crippen LogP contribution < -0.4 is 5.32 Å². The maximum Gasteiger partial charge on any atom is 0.221 e. The number of aryl methyl sites for hydroxylation is 1. The first-order valence-corrected chi connectivity index (χ1v) is 17.5. The summed E-state index contributed by atoms with van der Waals surface area (Å²) in [5.41, 5.74) is 3.63. The van der Waals surface area contributed by atoms with E-state index in [1.165, 1.54) is 16.0 Å². The van der Waals surface area contributed by atoms with E-state index in [2.05, 4.69) is 54.4 Å². The van der Waals surface area contributed by atoms with Gasteiger partial charge in [0.25, 0.3) is 0 Å². The summed E-state index contributed by atoms with van der Waals surface area (Å²) in [4.78, 5) is 43.7. The zero-order valence-electron chi connectivity index (χ0n) is 28.4. The van der Waals surface area contributed by atoms with E-state index in [1.807, 2.05) is 39.0 Å². The topological polar surface area (TPSA) is 88.6 Å². The second-order valence-corrected chi connectivity index (χ2v) is 12.8. The summed E-state index contributed by atoms with van der Waals surface area (Å²) >= 11 is 1.70. The number of ether oxygens (including phenoxy) is 1. The number of aromatic nitrogens is 1. The van der Waals surface area contributed by atoms with E-state index in [-0.39, 0.29) is 24.8 Å². The molecule has 8 heteroatoms. The smallest absolute Gasteiger partial charge is 0.221 e. The summed E-state index contributed by atoms with van der Waals surface area (Å²) in [6.07, 6.45) is 11.1. The Bertz CT molecular complexity index is 1240. The van der Waals surface area contributed by atoms with Crippen molar-refractivity contribution in [1.29, 1.82) is 0 Å². The summed E-state index contributed by atoms with van der Waals surface area (Å²) in [7, 11) is 0. The van der Waals surface area contributed by atoms with Crippen molar-refractivity contribution in [3.05, 3.63) is 63.1 Å². The van der Waals surface area contributed by atoms with E-state index in [4.69, 9.17) is 9.72 Å². The lowest BCUT2D eigenvalue weighted by Crippen LogP contribution is -2.39. The molecule has 0 saturated carbocycles. The van der Waals surface area contributed by atoms with E-state index in [9.17, 15) is 14.4 Å². The summed E-state index contributed by atoms with van der Waals surface area (Å²) in [5, 5.41) is 4.12. The van der Waals surface area contributed by atoms with Crippen LogP contribution in [0.5, 0.6) is 0 Å². The first kappa shape index (κ1) is 38.2. The molecular formula is C37H57N3O4S. The standard InChI is InChI=1S/C31H41N3O3S.C4H8O.C2H6.H2/c1-23(2)26-9-6-10-28-29(21-26)38-31(33-28)12-11-27(35)20-25(19-24-7-4-3-5-8-24)22-32-30(36)13-14-34-15-17-37-18-16-34;1-3-4(2)5;1-2;/h3-8,10,21,23,25H,9,11-20,22H2,1-2H3,(H,32,36);3H2,1-2H3;1-2H3;1H/t25-;;;/m0.../s1. The first-order chi connectivity index (χ1) is 21.7. The molecule has 1 aliphatic carbocycles. The van der Waals surface area contributed by atoms with Crippen molar-refractivity contribution >= 4 is 41.0 Å². The number of carbonyl (C=O) groups excluding carboxylic acids is 3. The van der Waals surface area contributed by atoms with Crippen LogP contribution in [0.1, 0.15) is 96.2 Å². The van der Waals surface area contributed by atoms with Gasteiger partial charge in [0.2, 0.25) is 5.91 Å². The second-order valence-electron chi connectivity index (χ2n) is 11.7. The van der Waals surface area contributed by atoms with Gasteiger partial charge in [-0.15, -0.1) is 11.3 Å². The number of thiazole rings is 1. The minimum Gasteiger partial charge on any atom is -0.379 e. The largest absolute Gasteiger partial charge is 0.379 e. The molecule has 2 aromatic rings. The number of carbonyl (C=O) groups is 3. The quantitative estimate of drug-likeness (QED) is 0.231. The summed E-state index contributed by atoms with van der Waals surface area (Å²) < 4.78 is 5.38. The van der Waals surface area contributed by atoms with Crippen molar-refractivity contribution in [3.63, 3.8) is 0 Å². The maximum absolute atomic E-state index is 13.1. The maximum atomic E-state index is 13.1. The lowest BCUT2D eigenvalue weighted by atomic mass is 9.93. The molecule has 1 aromatic heterocycles. The summed E-state index contributed by atoms with van der Waals surface area (Å²) in [6, 6.07) is 10.2. The van der Waals surface area contributed by atoms with Gasteiger partial charge in [-0.05, 0) is 49.3 Å². The molecule has 2 aliphatic rings. The highest BCUT2D eigenvalue weighted by atomic mass is 32.1. The third-order valence-corrected chi connectivity index (χ3v) is 8.84. The first-order valence-electron chi connectivity index (χ1n) is 16.7. The van der Waals surface area contributed by atoms with Crippen molar-refractivity contribution in [2.45, 2.75) is 86.5 Å². The fraction of sp³-hybridized carbons (Fsp3) is 0.568. The van der Waals surface area contributed by atoms with E-state index < -0.39 is 0 Å². The van der Waals surface area contributed by atoms with Crippen molar-refractivity contribution in [2.75, 3.05) is 39.4 Å². The number of nitrogens with zero attached hydrogens (tertiary/aromatic N) is 2. The van der Waals surface area contributed by atoms with E-state index >= 15 is 0 Å². The minimum atomic E-state index is 0. The van der Waals surface area contributed by atoms with Crippen LogP contribution in [-0.2, 0) is 32.0 Å². The van der Waals surface area contributed by atoms with Gasteiger partial charge in [0, 0.05) is 59.7 Å². The number of nitrogens with one attached hydrogen (secondary N) is 1. The number of morpholine rings is 1. The Balaban J connectivity index is 0.00000121. The average molecular weight is 640 g/mol. The Morgan fingerprint density at radius 3 is 2.42 bits per heavy atom. The van der Waals surface area contributed by atoms with Crippen LogP contribution in [0.25, 0.3) is 12.2 Å². The number of allylic oxidation sites excluding steroid dienone is 2. The van der Waals surface area contributed by atoms with Gasteiger partial charge in [-0.3, -0.25) is 14.5 Å². The van der Waals surface area contributed by atoms with Gasteiger partial charge in [0.05, 0.1) is 28.8 Å². The number of Topliss-reactive ketones (excluding diaryl/α,β-unsaturated/α-hetero) is 2. The van der Waals surface area contributed by atoms with Gasteiger partial charge in [0.1, 0.15) is 11.6 Å². The lowest BCUT2D eigenvalue weighted by molar-refractivity contribution is -0.123. The van der Waals surface area contributed by atoms with E-state index in [1.54, 1.807) is 18.3 Å². The van der Waals surface area contributed by atoms with Gasteiger partial charge in [-0.1, -0.05) is 76.6 Å². The third kappa shape index (κ3) is 15.3. The third-order valence-electron chi connectivity index (χ3n) is 7.76. The van der Waals surface area contributed by atoms with Gasteiger partial charge in [0.15, 0.2) is 0 Å². The Hall–Kier alpha value is -2.94. The van der Waals surface area contributed by atoms with Crippen LogP contribution in [0.15, 0.2) is 42.0 Å². The van der Waals surface area contributed by atoms with Crippen LogP contribution in [0.4, 0.5) is 0 Å². The van der Waals surface area contributed by atoms with Crippen LogP contribution in [0.3, 0.4) is 0 Å². The molecule has 4 rings (SSSR count). The van der Waals surface area contributed by atoms with Crippen molar-refractivity contribution < 1.29 is 20.5 Å². The molecule has 0 unspecified atom stereocenters. The Morgan fingerprint density at radius 2 is 1.78 bits per heavy atom. The number of rotatable bonds is 14. The molecule has 0 radical (unpaired) electrons. The molecule has 0 bridgehead atoms. The highest BCUT2D eigenvalue weighted by Gasteiger charge is 2.19. The number of hydrogen-bond acceptors (Lipinski definition) is 7. The number of amides is 1. The summed E-state index contributed by atoms with van der Waals surface area (Å²) in [5.74, 6) is 1.12. The normalized spacial score (nSPS) is 15.0. The van der Waals surface area contributed by atoms with Crippen LogP contribution in [0.2, 0.25) is 0 Å². The number of hydrogen-bond donors (Lipinski definition) is 1. The Kier molecular flexibility index (Phi) is 18.5. The zero-order chi connectivity index (χ0) is 33.0. The average Bonchev–Trinajstić information content (AvgIpc) is 3.33. The van der Waals surface area contributed by atoms with Gasteiger partial charge in [-0.25, -0.2) is 4.98 Å². The molecule has 0 spiro atoms. The van der Waals surface area contributed by atoms with Crippen molar-refractivity contribution in [2.24, 2.45) is 11.8 Å². The molecule has 1 aromatic carbocycles. The highest BCUT2D eigenvalue weighted by molar-refractivity contribution is 7.12. The van der Waals surface area contributed by atoms with Crippen molar-refractivity contribution in [1.82, 2.24) is 15.2 Å². The summed E-state index contributed by atoms with van der Waals surface area (Å²) in [6.45, 7) is 16.4. The van der Waals surface area contributed by atoms with E-state index in [0.29, 0.717) is 44.6 Å². The zero-order valence-corrected chi connectivity index (χ0v) is 29.2. The van der Waals surface area contributed by atoms with Gasteiger partial charge in [-0.2, -0.15) is 0 Å². The van der Waals surface area contributed by atoms with Crippen LogP contribution in [0, 0.1) is 11.8 Å². The predicted molar refractivity (Wildman–Crippen MR) is 189 cm³/mol. The predicted octanol–water partition coefficient (Wildman–Crippen LogP) is 7.45. The molecule has 45 heavy (non-hydrogen) atoms. The molecule has 1 aliphatic heterocycles. The molecule has 2 heterocycles. The fourth-order valence-electron chi connectivity index (χ4n) is 4.92. The number of ketones is 2. The Morgan fingerprint density at radius 1 is 1.09 bits per heavy atom. The molecule has 1 fully saturated rings. The minimum absolute atomic E-state index is 0. The van der Waals surface area contributed by atoms with Crippen LogP contribution in [-0.4, -0.2) is 66.8 Å². The second kappa shape index (κ2) is 21.7. The van der Waals surface area contributed by atoms with Crippen molar-refractivity contribution in [3.8, 4) is 0 Å². The molecule has 1 atom stereocenters. The molecular weight excluding hydrogens is 582 g/mol. The number of fused-ring (bicyclic) bond motifs is 1. The van der Waals surface area contributed by atoms with Crippen LogP contribution >= 0.6 is 11.3 Å². The Labute approximate surface area is 277 Å². The molecule has 1 N–H and O–H groups in total. The lowest BCUT2D eigenvalue weighted by Gasteiger charge is -2.26. The highest BCUT2D eigenvalue weighted by Crippen LogP contribution is 2.30. The SMILES string of the molecule is CC.CC(C)C1=Cc2sc(CCC(=O)C[C@@H](CNC(=O)CCN3CCOCC3)Cc3ccccc3)nc2C=CC1.CCC(C)=O.[HH]. The molecule has 1 amide bonds. The molecule has 1 saturated heterocycles. The van der Waals surface area contributed by atoms with Gasteiger partial charge < -0.3 is 14.8 Å². The molecule has 250 valence electrons. The van der Waals surface area contributed by atoms with Gasteiger partial charge >= 0.3 is 0 Å². The molecule has 7 nitrogen and oxygen atoms in total. The monoisotopic (exact) mass is 639 g/mol. The number of benzene rings is 1. The fourth-order valence-corrected chi connectivity index (χ4v) is 5.95.